The number of hydrogen-bond acceptors (Lipinski definition) is 4. The van der Waals surface area contributed by atoms with Crippen molar-refractivity contribution >= 4 is 11.7 Å². The Bertz CT molecular complexity index is 591. The number of amides is 1. The van der Waals surface area contributed by atoms with Crippen molar-refractivity contribution in [2.24, 2.45) is 12.8 Å². The second-order valence-electron chi connectivity index (χ2n) is 3.80. The molecule has 0 fully saturated rings. The van der Waals surface area contributed by atoms with Crippen LogP contribution in [-0.2, 0) is 13.6 Å². The maximum atomic E-state index is 12.6. The standard InChI is InChI=1S/C10H12F2N6O/c1-17-7(9(13)19)4-8(16-17)14-5-6-2-3-15-18(6)10(11)12/h2-4,10H,5H2,1H3,(H2,13,19)(H,14,16). The van der Waals surface area contributed by atoms with E-state index in [9.17, 15) is 13.6 Å². The van der Waals surface area contributed by atoms with E-state index in [1.54, 1.807) is 7.05 Å². The first-order valence-corrected chi connectivity index (χ1v) is 5.37. The monoisotopic (exact) mass is 270 g/mol. The number of hydrogen-bond donors (Lipinski definition) is 2. The maximum absolute atomic E-state index is 12.6. The number of halogens is 2. The highest BCUT2D eigenvalue weighted by Crippen LogP contribution is 2.14. The fourth-order valence-electron chi connectivity index (χ4n) is 1.62. The van der Waals surface area contributed by atoms with Crippen molar-refractivity contribution in [2.75, 3.05) is 5.32 Å². The third kappa shape index (κ3) is 2.69. The smallest absolute Gasteiger partial charge is 0.333 e. The van der Waals surface area contributed by atoms with Gasteiger partial charge in [0, 0.05) is 19.3 Å². The quantitative estimate of drug-likeness (QED) is 0.837. The van der Waals surface area contributed by atoms with E-state index in [1.165, 1.54) is 23.0 Å². The van der Waals surface area contributed by atoms with Gasteiger partial charge in [0.05, 0.1) is 12.2 Å². The molecule has 2 rings (SSSR count). The molecule has 0 aliphatic carbocycles. The highest BCUT2D eigenvalue weighted by molar-refractivity contribution is 5.91. The molecule has 0 saturated heterocycles. The van der Waals surface area contributed by atoms with Crippen LogP contribution in [0.15, 0.2) is 18.3 Å². The predicted octanol–water partition coefficient (Wildman–Crippen LogP) is 0.723. The number of nitrogens with zero attached hydrogens (tertiary/aromatic N) is 4. The lowest BCUT2D eigenvalue weighted by molar-refractivity contribution is 0.0537. The summed E-state index contributed by atoms with van der Waals surface area (Å²) in [4.78, 5) is 11.0. The van der Waals surface area contributed by atoms with Gasteiger partial charge in [-0.1, -0.05) is 0 Å². The largest absolute Gasteiger partial charge is 0.364 e. The van der Waals surface area contributed by atoms with Crippen molar-refractivity contribution in [1.82, 2.24) is 19.6 Å². The van der Waals surface area contributed by atoms with Crippen molar-refractivity contribution in [3.8, 4) is 0 Å². The minimum absolute atomic E-state index is 0.111. The van der Waals surface area contributed by atoms with Crippen molar-refractivity contribution in [3.63, 3.8) is 0 Å². The number of anilines is 1. The number of primary amides is 1. The van der Waals surface area contributed by atoms with E-state index in [2.05, 4.69) is 15.5 Å². The summed E-state index contributed by atoms with van der Waals surface area (Å²) in [5, 5.41) is 10.3. The molecule has 0 aliphatic heterocycles. The maximum Gasteiger partial charge on any atom is 0.333 e. The van der Waals surface area contributed by atoms with Crippen molar-refractivity contribution in [1.29, 1.82) is 0 Å². The van der Waals surface area contributed by atoms with E-state index in [4.69, 9.17) is 5.73 Å². The molecule has 2 aromatic rings. The molecule has 0 aromatic carbocycles. The summed E-state index contributed by atoms with van der Waals surface area (Å²) in [5.74, 6) is -0.237. The average molecular weight is 270 g/mol. The first-order valence-electron chi connectivity index (χ1n) is 5.37. The van der Waals surface area contributed by atoms with Gasteiger partial charge in [-0.2, -0.15) is 19.0 Å². The van der Waals surface area contributed by atoms with E-state index in [1.807, 2.05) is 0 Å². The van der Waals surface area contributed by atoms with Crippen LogP contribution in [0.3, 0.4) is 0 Å². The number of aryl methyl sites for hydroxylation is 1. The van der Waals surface area contributed by atoms with E-state index < -0.39 is 12.5 Å². The zero-order valence-electron chi connectivity index (χ0n) is 10.0. The molecular formula is C10H12F2N6O. The van der Waals surface area contributed by atoms with Gasteiger partial charge in [-0.05, 0) is 6.07 Å². The van der Waals surface area contributed by atoms with Crippen molar-refractivity contribution < 1.29 is 13.6 Å². The van der Waals surface area contributed by atoms with Crippen LogP contribution in [0.2, 0.25) is 0 Å². The van der Waals surface area contributed by atoms with E-state index in [0.717, 1.165) is 0 Å². The van der Waals surface area contributed by atoms with Crippen molar-refractivity contribution in [3.05, 3.63) is 29.7 Å². The van der Waals surface area contributed by atoms with Gasteiger partial charge in [0.1, 0.15) is 11.5 Å². The Hall–Kier alpha value is -2.45. The number of rotatable bonds is 5. The SMILES string of the molecule is Cn1nc(NCc2ccnn2C(F)F)cc1C(N)=O. The summed E-state index contributed by atoms with van der Waals surface area (Å²) in [6.45, 7) is -2.59. The van der Waals surface area contributed by atoms with Crippen LogP contribution in [0.5, 0.6) is 0 Å². The lowest BCUT2D eigenvalue weighted by Gasteiger charge is -2.06. The topological polar surface area (TPSA) is 90.8 Å². The predicted molar refractivity (Wildman–Crippen MR) is 62.5 cm³/mol. The molecular weight excluding hydrogens is 258 g/mol. The molecule has 19 heavy (non-hydrogen) atoms. The van der Waals surface area contributed by atoms with Crippen LogP contribution in [0.25, 0.3) is 0 Å². The Labute approximate surface area is 107 Å². The molecule has 0 unspecified atom stereocenters. The van der Waals surface area contributed by atoms with Crippen LogP contribution in [0.4, 0.5) is 14.6 Å². The second-order valence-corrected chi connectivity index (χ2v) is 3.80. The third-order valence-electron chi connectivity index (χ3n) is 2.52. The molecule has 0 radical (unpaired) electrons. The number of nitrogens with one attached hydrogen (secondary N) is 1. The van der Waals surface area contributed by atoms with Crippen LogP contribution >= 0.6 is 0 Å². The number of nitrogens with two attached hydrogens (primary N) is 1. The summed E-state index contributed by atoms with van der Waals surface area (Å²) in [6, 6.07) is 2.92. The van der Waals surface area contributed by atoms with E-state index in [0.29, 0.717) is 16.2 Å². The second kappa shape index (κ2) is 5.04. The summed E-state index contributed by atoms with van der Waals surface area (Å²) in [6.07, 6.45) is 1.29. The molecule has 0 atom stereocenters. The van der Waals surface area contributed by atoms with Gasteiger partial charge >= 0.3 is 6.55 Å². The first kappa shape index (κ1) is 13.0. The summed E-state index contributed by atoms with van der Waals surface area (Å²) in [5.41, 5.74) is 5.68. The molecule has 9 heteroatoms. The number of aromatic nitrogens is 4. The zero-order chi connectivity index (χ0) is 14.0. The average Bonchev–Trinajstić information content (AvgIpc) is 2.92. The van der Waals surface area contributed by atoms with Crippen LogP contribution < -0.4 is 11.1 Å². The molecule has 1 amide bonds. The Kier molecular flexibility index (Phi) is 3.45. The van der Waals surface area contributed by atoms with Crippen LogP contribution in [0, 0.1) is 0 Å². The third-order valence-corrected chi connectivity index (χ3v) is 2.52. The van der Waals surface area contributed by atoms with Gasteiger partial charge in [-0.3, -0.25) is 9.48 Å². The molecule has 2 heterocycles. The lowest BCUT2D eigenvalue weighted by Crippen LogP contribution is -2.15. The highest BCUT2D eigenvalue weighted by atomic mass is 19.3. The molecule has 3 N–H and O–H groups in total. The molecule has 0 bridgehead atoms. The molecule has 7 nitrogen and oxygen atoms in total. The van der Waals surface area contributed by atoms with Crippen LogP contribution in [-0.4, -0.2) is 25.5 Å². The van der Waals surface area contributed by atoms with Gasteiger partial charge in [0.2, 0.25) is 0 Å². The molecule has 102 valence electrons. The fraction of sp³-hybridized carbons (Fsp3) is 0.300. The Balaban J connectivity index is 2.08. The minimum Gasteiger partial charge on any atom is -0.364 e. The Morgan fingerprint density at radius 3 is 2.89 bits per heavy atom. The van der Waals surface area contributed by atoms with Gasteiger partial charge in [0.15, 0.2) is 0 Å². The zero-order valence-corrected chi connectivity index (χ0v) is 10.0. The van der Waals surface area contributed by atoms with E-state index >= 15 is 0 Å². The molecule has 0 saturated carbocycles. The van der Waals surface area contributed by atoms with Gasteiger partial charge in [-0.15, -0.1) is 0 Å². The highest BCUT2D eigenvalue weighted by Gasteiger charge is 2.13. The first-order chi connectivity index (χ1) is 8.99. The lowest BCUT2D eigenvalue weighted by atomic mass is 10.4. The number of carbonyl (C=O) groups excluding carboxylic acids is 1. The summed E-state index contributed by atoms with van der Waals surface area (Å²) in [7, 11) is 1.56. The summed E-state index contributed by atoms with van der Waals surface area (Å²) < 4.78 is 27.0. The summed E-state index contributed by atoms with van der Waals surface area (Å²) >= 11 is 0. The molecule has 0 spiro atoms. The van der Waals surface area contributed by atoms with Gasteiger partial charge in [-0.25, -0.2) is 4.68 Å². The van der Waals surface area contributed by atoms with Gasteiger partial charge in [0.25, 0.3) is 5.91 Å². The van der Waals surface area contributed by atoms with Gasteiger partial charge < -0.3 is 11.1 Å². The van der Waals surface area contributed by atoms with Crippen molar-refractivity contribution in [2.45, 2.75) is 13.1 Å². The fourth-order valence-corrected chi connectivity index (χ4v) is 1.62. The minimum atomic E-state index is -2.70. The Morgan fingerprint density at radius 2 is 2.32 bits per heavy atom. The van der Waals surface area contributed by atoms with Crippen LogP contribution in [0.1, 0.15) is 22.7 Å². The normalized spacial score (nSPS) is 10.9. The Morgan fingerprint density at radius 1 is 1.58 bits per heavy atom. The van der Waals surface area contributed by atoms with E-state index in [-0.39, 0.29) is 12.2 Å². The number of alkyl halides is 2. The molecule has 0 aliphatic rings. The number of carbonyl (C=O) groups is 1. The molecule has 2 aromatic heterocycles.